The van der Waals surface area contributed by atoms with Crippen LogP contribution in [0, 0.1) is 5.41 Å². The molecule has 148 valence electrons. The summed E-state index contributed by atoms with van der Waals surface area (Å²) in [5, 5.41) is 7.93. The first-order valence-electron chi connectivity index (χ1n) is 9.14. The predicted octanol–water partition coefficient (Wildman–Crippen LogP) is 3.87. The van der Waals surface area contributed by atoms with Crippen LogP contribution in [0.2, 0.25) is 0 Å². The van der Waals surface area contributed by atoms with Crippen molar-refractivity contribution in [2.45, 2.75) is 57.0 Å². The lowest BCUT2D eigenvalue weighted by atomic mass is 9.99. The Morgan fingerprint density at radius 2 is 2.04 bits per heavy atom. The van der Waals surface area contributed by atoms with E-state index in [1.165, 1.54) is 12.1 Å². The quantitative estimate of drug-likeness (QED) is 0.619. The second kappa shape index (κ2) is 7.88. The molecule has 8 heteroatoms. The number of alkyl halides is 3. The van der Waals surface area contributed by atoms with Gasteiger partial charge in [-0.15, -0.1) is 0 Å². The molecule has 1 saturated heterocycles. The Labute approximate surface area is 155 Å². The van der Waals surface area contributed by atoms with E-state index in [0.717, 1.165) is 25.0 Å². The molecule has 0 radical (unpaired) electrons. The van der Waals surface area contributed by atoms with E-state index in [1.807, 2.05) is 0 Å². The van der Waals surface area contributed by atoms with Gasteiger partial charge in [0, 0.05) is 30.7 Å². The maximum absolute atomic E-state index is 13.0. The summed E-state index contributed by atoms with van der Waals surface area (Å²) in [5.74, 6) is -0.360. The van der Waals surface area contributed by atoms with Gasteiger partial charge in [-0.3, -0.25) is 10.2 Å². The van der Waals surface area contributed by atoms with Crippen LogP contribution in [-0.2, 0) is 15.7 Å². The highest BCUT2D eigenvalue weighted by atomic mass is 19.4. The maximum atomic E-state index is 13.0. The number of ether oxygens (including phenoxy) is 2. The molecule has 1 heterocycles. The van der Waals surface area contributed by atoms with Gasteiger partial charge >= 0.3 is 6.18 Å². The molecule has 5 nitrogen and oxygen atoms in total. The second-order valence-corrected chi connectivity index (χ2v) is 6.86. The van der Waals surface area contributed by atoms with Crippen molar-refractivity contribution in [2.75, 3.05) is 13.2 Å². The highest BCUT2D eigenvalue weighted by molar-refractivity contribution is 5.95. The lowest BCUT2D eigenvalue weighted by Crippen LogP contribution is -2.48. The molecule has 0 bridgehead atoms. The number of hydrogen-bond donors (Lipinski definition) is 1. The molecule has 3 rings (SSSR count). The first-order valence-corrected chi connectivity index (χ1v) is 9.14. The van der Waals surface area contributed by atoms with Crippen LogP contribution in [0.3, 0.4) is 0 Å². The normalized spacial score (nSPS) is 23.0. The van der Waals surface area contributed by atoms with Crippen LogP contribution < -0.4 is 0 Å². The third-order valence-electron chi connectivity index (χ3n) is 4.85. The summed E-state index contributed by atoms with van der Waals surface area (Å²) in [7, 11) is 0. The Morgan fingerprint density at radius 1 is 1.30 bits per heavy atom. The van der Waals surface area contributed by atoms with E-state index in [9.17, 15) is 18.0 Å². The molecule has 2 fully saturated rings. The summed E-state index contributed by atoms with van der Waals surface area (Å²) in [6.45, 7) is 2.52. The largest absolute Gasteiger partial charge is 0.480 e. The molecular weight excluding hydrogens is 361 g/mol. The van der Waals surface area contributed by atoms with Gasteiger partial charge in [-0.25, -0.2) is 0 Å². The second-order valence-electron chi connectivity index (χ2n) is 6.86. The maximum Gasteiger partial charge on any atom is 0.416 e. The molecule has 1 amide bonds. The van der Waals surface area contributed by atoms with Crippen LogP contribution in [0.25, 0.3) is 0 Å². The number of carbonyl (C=O) groups is 1. The van der Waals surface area contributed by atoms with Crippen molar-refractivity contribution in [1.29, 1.82) is 5.41 Å². The highest BCUT2D eigenvalue weighted by Crippen LogP contribution is 2.35. The smallest absolute Gasteiger partial charge is 0.416 e. The van der Waals surface area contributed by atoms with E-state index in [4.69, 9.17) is 14.9 Å². The van der Waals surface area contributed by atoms with Gasteiger partial charge in [-0.05, 0) is 44.4 Å². The minimum absolute atomic E-state index is 0.0319. The molecule has 1 aliphatic carbocycles. The van der Waals surface area contributed by atoms with Gasteiger partial charge in [0.25, 0.3) is 5.91 Å². The average Bonchev–Trinajstić information content (AvgIpc) is 3.47. The summed E-state index contributed by atoms with van der Waals surface area (Å²) in [6.07, 6.45) is -2.32. The first kappa shape index (κ1) is 19.7. The fourth-order valence-electron chi connectivity index (χ4n) is 3.42. The topological polar surface area (TPSA) is 62.6 Å². The van der Waals surface area contributed by atoms with Gasteiger partial charge in [-0.2, -0.15) is 13.2 Å². The summed E-state index contributed by atoms with van der Waals surface area (Å²) in [5.41, 5.74) is -0.785. The molecule has 1 N–H and O–H groups in total. The molecule has 0 spiro atoms. The van der Waals surface area contributed by atoms with E-state index in [1.54, 1.807) is 11.8 Å². The number of halogens is 3. The molecular formula is C19H23F3N2O3. The van der Waals surface area contributed by atoms with Crippen LogP contribution in [0.15, 0.2) is 24.3 Å². The zero-order valence-corrected chi connectivity index (χ0v) is 15.1. The van der Waals surface area contributed by atoms with E-state index >= 15 is 0 Å². The fourth-order valence-corrected chi connectivity index (χ4v) is 3.42. The lowest BCUT2D eigenvalue weighted by Gasteiger charge is -2.37. The minimum atomic E-state index is -4.49. The number of nitrogens with one attached hydrogen (secondary N) is 1. The first-order chi connectivity index (χ1) is 12.8. The third kappa shape index (κ3) is 4.61. The average molecular weight is 384 g/mol. The van der Waals surface area contributed by atoms with E-state index in [2.05, 4.69) is 0 Å². The summed E-state index contributed by atoms with van der Waals surface area (Å²) >= 11 is 0. The zero-order chi connectivity index (χ0) is 19.6. The molecule has 2 aliphatic rings. The van der Waals surface area contributed by atoms with Gasteiger partial charge in [0.15, 0.2) is 0 Å². The minimum Gasteiger partial charge on any atom is -0.480 e. The number of benzene rings is 1. The van der Waals surface area contributed by atoms with E-state index in [0.29, 0.717) is 26.1 Å². The monoisotopic (exact) mass is 384 g/mol. The molecule has 1 aromatic rings. The number of rotatable bonds is 5. The van der Waals surface area contributed by atoms with Crippen molar-refractivity contribution < 1.29 is 27.4 Å². The van der Waals surface area contributed by atoms with Crippen LogP contribution in [0.4, 0.5) is 13.2 Å². The molecule has 1 aromatic carbocycles. The number of carbonyl (C=O) groups excluding carboxylic acids is 1. The number of nitrogens with zero attached hydrogens (tertiary/aromatic N) is 1. The van der Waals surface area contributed by atoms with Gasteiger partial charge in [0.05, 0.1) is 12.2 Å². The Hall–Kier alpha value is -2.09. The highest BCUT2D eigenvalue weighted by Gasteiger charge is 2.41. The molecule has 27 heavy (non-hydrogen) atoms. The molecule has 0 unspecified atom stereocenters. The van der Waals surface area contributed by atoms with Crippen molar-refractivity contribution in [3.63, 3.8) is 0 Å². The van der Waals surface area contributed by atoms with Crippen LogP contribution >= 0.6 is 0 Å². The van der Waals surface area contributed by atoms with Gasteiger partial charge in [0.2, 0.25) is 5.90 Å². The number of hydrogen-bond acceptors (Lipinski definition) is 4. The van der Waals surface area contributed by atoms with Gasteiger partial charge in [0.1, 0.15) is 6.10 Å². The zero-order valence-electron chi connectivity index (χ0n) is 15.1. The summed E-state index contributed by atoms with van der Waals surface area (Å²) in [4.78, 5) is 14.7. The van der Waals surface area contributed by atoms with E-state index < -0.39 is 23.8 Å². The van der Waals surface area contributed by atoms with Gasteiger partial charge < -0.3 is 14.4 Å². The summed E-state index contributed by atoms with van der Waals surface area (Å²) in [6, 6.07) is 4.42. The molecule has 1 aliphatic heterocycles. The molecule has 1 saturated carbocycles. The lowest BCUT2D eigenvalue weighted by molar-refractivity contribution is -0.137. The molecule has 0 aromatic heterocycles. The molecule has 2 atom stereocenters. The predicted molar refractivity (Wildman–Crippen MR) is 92.8 cm³/mol. The Bertz CT molecular complexity index is 704. The van der Waals surface area contributed by atoms with Crippen molar-refractivity contribution in [3.8, 4) is 0 Å². The van der Waals surface area contributed by atoms with E-state index in [-0.39, 0.29) is 23.5 Å². The Balaban J connectivity index is 1.79. The Morgan fingerprint density at radius 3 is 2.67 bits per heavy atom. The third-order valence-corrected chi connectivity index (χ3v) is 4.85. The van der Waals surface area contributed by atoms with Crippen LogP contribution in [0.1, 0.15) is 48.5 Å². The number of amides is 1. The van der Waals surface area contributed by atoms with Crippen LogP contribution in [-0.4, -0.2) is 48.1 Å². The summed E-state index contributed by atoms with van der Waals surface area (Å²) < 4.78 is 49.8. The van der Waals surface area contributed by atoms with Crippen molar-refractivity contribution >= 4 is 11.8 Å². The van der Waals surface area contributed by atoms with Crippen molar-refractivity contribution in [3.05, 3.63) is 35.4 Å². The van der Waals surface area contributed by atoms with Gasteiger partial charge in [-0.1, -0.05) is 6.07 Å². The van der Waals surface area contributed by atoms with Crippen molar-refractivity contribution in [1.82, 2.24) is 4.90 Å². The van der Waals surface area contributed by atoms with Crippen LogP contribution in [0.5, 0.6) is 0 Å². The fraction of sp³-hybridized carbons (Fsp3) is 0.579. The SMILES string of the molecule is CCOC(=N)[C@H]1C[C@@H](N(C(=O)c2cccc(C(F)(F)F)c2)C2CC2)CCO1. The Kier molecular flexibility index (Phi) is 5.74. The van der Waals surface area contributed by atoms with Crippen molar-refractivity contribution in [2.24, 2.45) is 0 Å². The standard InChI is InChI=1S/C19H23F3N2O3/c1-2-26-17(23)16-11-15(8-9-27-16)24(14-6-7-14)18(25)12-4-3-5-13(10-12)19(20,21)22/h3-5,10,14-16,23H,2,6-9,11H2,1H3/t15-,16+/m0/s1.